The number of ether oxygens (including phenoxy) is 1. The predicted molar refractivity (Wildman–Crippen MR) is 150 cm³/mol. The molecule has 0 bridgehead atoms. The van der Waals surface area contributed by atoms with Crippen LogP contribution in [0.25, 0.3) is 22.3 Å². The Morgan fingerprint density at radius 1 is 1.00 bits per heavy atom. The number of morpholine rings is 1. The Morgan fingerprint density at radius 3 is 2.37 bits per heavy atom. The Hall–Kier alpha value is -4.01. The van der Waals surface area contributed by atoms with E-state index in [1.165, 1.54) is 0 Å². The van der Waals surface area contributed by atoms with Crippen LogP contribution in [-0.4, -0.2) is 51.8 Å². The second-order valence-electron chi connectivity index (χ2n) is 9.54. The Labute approximate surface area is 226 Å². The Bertz CT molecular complexity index is 1430. The van der Waals surface area contributed by atoms with E-state index in [4.69, 9.17) is 9.84 Å². The topological polar surface area (TPSA) is 76.5 Å². The lowest BCUT2D eigenvalue weighted by atomic mass is 10.1. The van der Waals surface area contributed by atoms with Crippen molar-refractivity contribution in [3.05, 3.63) is 101 Å². The summed E-state index contributed by atoms with van der Waals surface area (Å²) in [5.41, 5.74) is 4.11. The van der Waals surface area contributed by atoms with Crippen LogP contribution in [0.15, 0.2) is 84.0 Å². The zero-order chi connectivity index (χ0) is 26.6. The van der Waals surface area contributed by atoms with Crippen molar-refractivity contribution in [2.45, 2.75) is 33.0 Å². The molecule has 1 saturated heterocycles. The average molecular weight is 527 g/mol. The number of amides is 2. The molecule has 7 nitrogen and oxygen atoms in total. The zero-order valence-corrected chi connectivity index (χ0v) is 22.4. The lowest BCUT2D eigenvalue weighted by Crippen LogP contribution is -2.50. The van der Waals surface area contributed by atoms with Crippen molar-refractivity contribution >= 4 is 29.2 Å². The quantitative estimate of drug-likeness (QED) is 0.345. The number of aryl methyl sites for hydroxylation is 1. The van der Waals surface area contributed by atoms with Gasteiger partial charge in [-0.05, 0) is 62.6 Å². The van der Waals surface area contributed by atoms with E-state index >= 15 is 0 Å². The molecule has 0 aliphatic carbocycles. The maximum Gasteiger partial charge on any atom is 0.270 e. The van der Waals surface area contributed by atoms with Crippen LogP contribution in [0.4, 0.5) is 0 Å². The summed E-state index contributed by atoms with van der Waals surface area (Å²) in [5, 5.41) is 9.74. The molecule has 1 aliphatic rings. The first-order valence-corrected chi connectivity index (χ1v) is 13.5. The van der Waals surface area contributed by atoms with Gasteiger partial charge in [0, 0.05) is 30.4 Å². The van der Waals surface area contributed by atoms with Crippen molar-refractivity contribution in [1.82, 2.24) is 20.0 Å². The molecular weight excluding hydrogens is 496 g/mol. The number of aromatic nitrogens is 2. The molecule has 4 aromatic rings. The summed E-state index contributed by atoms with van der Waals surface area (Å²) >= 11 is 1.57. The highest BCUT2D eigenvalue weighted by Gasteiger charge is 2.29. The molecule has 0 radical (unpaired) electrons. The second kappa shape index (κ2) is 11.2. The van der Waals surface area contributed by atoms with Crippen LogP contribution in [0.3, 0.4) is 0 Å². The molecule has 2 amide bonds. The highest BCUT2D eigenvalue weighted by molar-refractivity contribution is 7.13. The molecule has 1 N–H and O–H groups in total. The second-order valence-corrected chi connectivity index (χ2v) is 10.5. The summed E-state index contributed by atoms with van der Waals surface area (Å²) in [6, 6.07) is 21.1. The molecule has 8 heteroatoms. The van der Waals surface area contributed by atoms with Gasteiger partial charge in [0.25, 0.3) is 11.8 Å². The number of thiophene rings is 1. The highest BCUT2D eigenvalue weighted by atomic mass is 32.1. The van der Waals surface area contributed by atoms with E-state index in [-0.39, 0.29) is 29.7 Å². The van der Waals surface area contributed by atoms with Crippen molar-refractivity contribution in [2.24, 2.45) is 0 Å². The SMILES string of the molecule is Cc1ccc(C(=O)NC(=Cc2cn(-c3ccccc3)nc2-c2cccs2)C(=O)N2CC(C)OC(C)C2)cc1. The minimum atomic E-state index is -0.341. The minimum Gasteiger partial charge on any atom is -0.372 e. The normalized spacial score (nSPS) is 17.9. The maximum atomic E-state index is 13.9. The van der Waals surface area contributed by atoms with Crippen LogP contribution in [0.1, 0.15) is 35.3 Å². The molecule has 2 atom stereocenters. The fourth-order valence-electron chi connectivity index (χ4n) is 4.53. The van der Waals surface area contributed by atoms with Gasteiger partial charge in [0.1, 0.15) is 11.4 Å². The van der Waals surface area contributed by atoms with E-state index < -0.39 is 0 Å². The van der Waals surface area contributed by atoms with Gasteiger partial charge in [0.15, 0.2) is 0 Å². The van der Waals surface area contributed by atoms with Gasteiger partial charge in [0.2, 0.25) is 0 Å². The highest BCUT2D eigenvalue weighted by Crippen LogP contribution is 2.29. The number of carbonyl (C=O) groups is 2. The molecule has 0 spiro atoms. The first-order valence-electron chi connectivity index (χ1n) is 12.6. The fraction of sp³-hybridized carbons (Fsp3) is 0.233. The fourth-order valence-corrected chi connectivity index (χ4v) is 5.26. The van der Waals surface area contributed by atoms with Gasteiger partial charge in [-0.3, -0.25) is 9.59 Å². The van der Waals surface area contributed by atoms with Crippen molar-refractivity contribution in [3.8, 4) is 16.3 Å². The van der Waals surface area contributed by atoms with Crippen molar-refractivity contribution in [1.29, 1.82) is 0 Å². The number of nitrogens with one attached hydrogen (secondary N) is 1. The van der Waals surface area contributed by atoms with Crippen molar-refractivity contribution in [3.63, 3.8) is 0 Å². The third-order valence-corrected chi connectivity index (χ3v) is 7.19. The van der Waals surface area contributed by atoms with Gasteiger partial charge in [-0.2, -0.15) is 5.10 Å². The maximum absolute atomic E-state index is 13.9. The summed E-state index contributed by atoms with van der Waals surface area (Å²) < 4.78 is 7.63. The van der Waals surface area contributed by atoms with Crippen LogP contribution < -0.4 is 5.32 Å². The number of hydrogen-bond acceptors (Lipinski definition) is 5. The minimum absolute atomic E-state index is 0.0979. The summed E-state index contributed by atoms with van der Waals surface area (Å²) in [6.45, 7) is 6.75. The number of nitrogens with zero attached hydrogens (tertiary/aromatic N) is 3. The van der Waals surface area contributed by atoms with Gasteiger partial charge >= 0.3 is 0 Å². The lowest BCUT2D eigenvalue weighted by molar-refractivity contribution is -0.139. The van der Waals surface area contributed by atoms with E-state index in [1.807, 2.05) is 86.9 Å². The number of benzene rings is 2. The van der Waals surface area contributed by atoms with E-state index in [9.17, 15) is 9.59 Å². The molecule has 2 aromatic carbocycles. The Kier molecular flexibility index (Phi) is 7.53. The third kappa shape index (κ3) is 5.77. The zero-order valence-electron chi connectivity index (χ0n) is 21.6. The van der Waals surface area contributed by atoms with Crippen molar-refractivity contribution in [2.75, 3.05) is 13.1 Å². The molecule has 1 fully saturated rings. The van der Waals surface area contributed by atoms with Gasteiger partial charge in [-0.25, -0.2) is 4.68 Å². The molecule has 0 saturated carbocycles. The van der Waals surface area contributed by atoms with Crippen LogP contribution in [-0.2, 0) is 9.53 Å². The molecule has 2 aromatic heterocycles. The van der Waals surface area contributed by atoms with E-state index in [1.54, 1.807) is 39.1 Å². The van der Waals surface area contributed by atoms with Gasteiger partial charge in [-0.1, -0.05) is 42.0 Å². The molecule has 2 unspecified atom stereocenters. The van der Waals surface area contributed by atoms with Crippen LogP contribution in [0, 0.1) is 6.92 Å². The number of para-hydroxylation sites is 1. The summed E-state index contributed by atoms with van der Waals surface area (Å²) in [7, 11) is 0. The first kappa shape index (κ1) is 25.6. The summed E-state index contributed by atoms with van der Waals surface area (Å²) in [5.74, 6) is -0.593. The molecule has 38 heavy (non-hydrogen) atoms. The van der Waals surface area contributed by atoms with Crippen molar-refractivity contribution < 1.29 is 14.3 Å². The number of hydrogen-bond donors (Lipinski definition) is 1. The summed E-state index contributed by atoms with van der Waals surface area (Å²) in [4.78, 5) is 29.8. The van der Waals surface area contributed by atoms with Gasteiger partial charge in [0.05, 0.1) is 22.8 Å². The van der Waals surface area contributed by atoms with E-state index in [0.29, 0.717) is 18.7 Å². The summed E-state index contributed by atoms with van der Waals surface area (Å²) in [6.07, 6.45) is 3.43. The standard InChI is InChI=1S/C30H30N4O3S/c1-20-11-13-23(14-12-20)29(35)31-26(30(36)33-17-21(2)37-22(3)18-33)16-24-19-34(25-8-5-4-6-9-25)32-28(24)27-10-7-15-38-27/h4-16,19,21-22H,17-18H2,1-3H3,(H,31,35). The van der Waals surface area contributed by atoms with E-state index in [2.05, 4.69) is 5.32 Å². The van der Waals surface area contributed by atoms with Gasteiger partial charge < -0.3 is 15.0 Å². The van der Waals surface area contributed by atoms with Crippen LogP contribution in [0.5, 0.6) is 0 Å². The third-order valence-electron chi connectivity index (χ3n) is 6.32. The first-order chi connectivity index (χ1) is 18.4. The van der Waals surface area contributed by atoms with E-state index in [0.717, 1.165) is 27.4 Å². The molecule has 3 heterocycles. The lowest BCUT2D eigenvalue weighted by Gasteiger charge is -2.35. The molecular formula is C30H30N4O3S. The largest absolute Gasteiger partial charge is 0.372 e. The van der Waals surface area contributed by atoms with Crippen LogP contribution >= 0.6 is 11.3 Å². The molecule has 5 rings (SSSR count). The number of rotatable bonds is 6. The molecule has 194 valence electrons. The monoisotopic (exact) mass is 526 g/mol. The predicted octanol–water partition coefficient (Wildman–Crippen LogP) is 5.32. The Balaban J connectivity index is 1.57. The van der Waals surface area contributed by atoms with Gasteiger partial charge in [-0.15, -0.1) is 11.3 Å². The number of carbonyl (C=O) groups excluding carboxylic acids is 2. The smallest absolute Gasteiger partial charge is 0.270 e. The average Bonchev–Trinajstić information content (AvgIpc) is 3.58. The van der Waals surface area contributed by atoms with Crippen LogP contribution in [0.2, 0.25) is 0 Å². The molecule has 1 aliphatic heterocycles. The Morgan fingerprint density at radius 2 is 1.71 bits per heavy atom.